The molecule has 0 saturated heterocycles. The molecule has 0 spiro atoms. The van der Waals surface area contributed by atoms with Crippen LogP contribution < -0.4 is 4.74 Å². The van der Waals surface area contributed by atoms with Crippen LogP contribution in [0.2, 0.25) is 0 Å². The van der Waals surface area contributed by atoms with Gasteiger partial charge >= 0.3 is 6.09 Å². The van der Waals surface area contributed by atoms with E-state index in [0.29, 0.717) is 18.7 Å². The number of ketones is 1. The van der Waals surface area contributed by atoms with Crippen LogP contribution in [0.5, 0.6) is 5.75 Å². The fourth-order valence-electron chi connectivity index (χ4n) is 2.25. The molecule has 1 aromatic rings. The third-order valence-electron chi connectivity index (χ3n) is 3.36. The van der Waals surface area contributed by atoms with Crippen LogP contribution in [-0.4, -0.2) is 43.6 Å². The monoisotopic (exact) mass is 353 g/mol. The zero-order valence-electron chi connectivity index (χ0n) is 11.8. The fourth-order valence-corrected chi connectivity index (χ4v) is 2.66. The van der Waals surface area contributed by atoms with Crippen LogP contribution in [0, 0.1) is 0 Å². The highest BCUT2D eigenvalue weighted by molar-refractivity contribution is 9.10. The van der Waals surface area contributed by atoms with E-state index in [2.05, 4.69) is 15.9 Å². The molecule has 0 radical (unpaired) electrons. The van der Waals surface area contributed by atoms with Crippen LogP contribution in [0.25, 0.3) is 0 Å². The van der Waals surface area contributed by atoms with Gasteiger partial charge in [-0.1, -0.05) is 22.0 Å². The van der Waals surface area contributed by atoms with E-state index in [9.17, 15) is 9.59 Å². The largest absolute Gasteiger partial charge is 0.497 e. The molecule has 0 fully saturated rings. The van der Waals surface area contributed by atoms with E-state index in [1.807, 2.05) is 18.2 Å². The average Bonchev–Trinajstić information content (AvgIpc) is 2.50. The van der Waals surface area contributed by atoms with Gasteiger partial charge in [-0.25, -0.2) is 4.79 Å². The normalized spacial score (nSPS) is 17.8. The van der Waals surface area contributed by atoms with Crippen molar-refractivity contribution in [2.45, 2.75) is 12.5 Å². The number of methoxy groups -OCH3 is 2. The summed E-state index contributed by atoms with van der Waals surface area (Å²) < 4.78 is 10.8. The van der Waals surface area contributed by atoms with Crippen LogP contribution in [-0.2, 0) is 16.0 Å². The Morgan fingerprint density at radius 1 is 1.43 bits per heavy atom. The minimum absolute atomic E-state index is 0.110. The number of carbonyl (C=O) groups excluding carboxylic acids is 2. The lowest BCUT2D eigenvalue weighted by molar-refractivity contribution is -0.119. The van der Waals surface area contributed by atoms with Gasteiger partial charge in [0.25, 0.3) is 0 Å². The smallest absolute Gasteiger partial charge is 0.410 e. The summed E-state index contributed by atoms with van der Waals surface area (Å²) in [5.41, 5.74) is 0.900. The molecule has 1 aliphatic rings. The van der Waals surface area contributed by atoms with Crippen molar-refractivity contribution in [3.05, 3.63) is 40.4 Å². The molecular formula is C15H16BrNO4. The van der Waals surface area contributed by atoms with Crippen molar-refractivity contribution in [3.63, 3.8) is 0 Å². The Morgan fingerprint density at radius 2 is 2.19 bits per heavy atom. The third kappa shape index (κ3) is 3.44. The molecule has 6 heteroatoms. The van der Waals surface area contributed by atoms with Gasteiger partial charge in [-0.15, -0.1) is 0 Å². The number of benzene rings is 1. The summed E-state index contributed by atoms with van der Waals surface area (Å²) in [4.78, 5) is 25.3. The molecule has 1 unspecified atom stereocenters. The molecule has 1 aliphatic heterocycles. The Kier molecular flexibility index (Phi) is 5.01. The van der Waals surface area contributed by atoms with Crippen molar-refractivity contribution < 1.29 is 19.1 Å². The van der Waals surface area contributed by atoms with Gasteiger partial charge in [-0.2, -0.15) is 0 Å². The van der Waals surface area contributed by atoms with Gasteiger partial charge in [0.05, 0.1) is 14.2 Å². The lowest BCUT2D eigenvalue weighted by atomic mass is 9.98. The molecule has 112 valence electrons. The fraction of sp³-hybridized carbons (Fsp3) is 0.333. The number of rotatable bonds is 3. The van der Waals surface area contributed by atoms with Crippen LogP contribution in [0.4, 0.5) is 4.79 Å². The first kappa shape index (κ1) is 15.6. The molecule has 0 N–H and O–H groups in total. The van der Waals surface area contributed by atoms with Crippen LogP contribution in [0.1, 0.15) is 5.56 Å². The molecule has 5 nitrogen and oxygen atoms in total. The molecule has 0 saturated carbocycles. The van der Waals surface area contributed by atoms with Gasteiger partial charge in [0.15, 0.2) is 5.78 Å². The molecule has 1 heterocycles. The van der Waals surface area contributed by atoms with Crippen molar-refractivity contribution in [2.75, 3.05) is 20.8 Å². The highest BCUT2D eigenvalue weighted by Gasteiger charge is 2.31. The predicted molar refractivity (Wildman–Crippen MR) is 81.4 cm³/mol. The lowest BCUT2D eigenvalue weighted by Crippen LogP contribution is -2.48. The summed E-state index contributed by atoms with van der Waals surface area (Å²) in [5, 5.41) is 0. The summed E-state index contributed by atoms with van der Waals surface area (Å²) in [6.07, 6.45) is 3.07. The molecular weight excluding hydrogens is 338 g/mol. The van der Waals surface area contributed by atoms with Gasteiger partial charge in [-0.05, 0) is 29.8 Å². The van der Waals surface area contributed by atoms with Crippen molar-refractivity contribution in [1.29, 1.82) is 0 Å². The summed E-state index contributed by atoms with van der Waals surface area (Å²) in [7, 11) is 2.89. The zero-order chi connectivity index (χ0) is 15.4. The zero-order valence-corrected chi connectivity index (χ0v) is 13.4. The molecule has 0 aliphatic carbocycles. The highest BCUT2D eigenvalue weighted by atomic mass is 79.9. The highest BCUT2D eigenvalue weighted by Crippen LogP contribution is 2.26. The SMILES string of the molecule is COC(=O)N1CC=CC(=O)C1Cc1cc(OC)ccc1Br. The van der Waals surface area contributed by atoms with Crippen LogP contribution in [0.3, 0.4) is 0 Å². The minimum atomic E-state index is -0.564. The molecule has 1 amide bonds. The van der Waals surface area contributed by atoms with E-state index < -0.39 is 12.1 Å². The van der Waals surface area contributed by atoms with E-state index in [4.69, 9.17) is 9.47 Å². The van der Waals surface area contributed by atoms with Crippen molar-refractivity contribution in [3.8, 4) is 5.75 Å². The van der Waals surface area contributed by atoms with Crippen LogP contribution >= 0.6 is 15.9 Å². The predicted octanol–water partition coefficient (Wildman–Crippen LogP) is 2.58. The third-order valence-corrected chi connectivity index (χ3v) is 4.14. The molecule has 0 aromatic heterocycles. The first-order valence-electron chi connectivity index (χ1n) is 6.44. The van der Waals surface area contributed by atoms with E-state index in [0.717, 1.165) is 10.0 Å². The summed E-state index contributed by atoms with van der Waals surface area (Å²) >= 11 is 3.46. The number of ether oxygens (including phenoxy) is 2. The number of hydrogen-bond acceptors (Lipinski definition) is 4. The second kappa shape index (κ2) is 6.76. The Bertz CT molecular complexity index is 585. The second-order valence-corrected chi connectivity index (χ2v) is 5.46. The number of hydrogen-bond donors (Lipinski definition) is 0. The first-order chi connectivity index (χ1) is 10.1. The van der Waals surface area contributed by atoms with Crippen molar-refractivity contribution >= 4 is 27.8 Å². The first-order valence-corrected chi connectivity index (χ1v) is 7.23. The lowest BCUT2D eigenvalue weighted by Gasteiger charge is -2.30. The number of halogens is 1. The second-order valence-electron chi connectivity index (χ2n) is 4.60. The minimum Gasteiger partial charge on any atom is -0.497 e. The van der Waals surface area contributed by atoms with Crippen molar-refractivity contribution in [2.24, 2.45) is 0 Å². The number of carbonyl (C=O) groups is 2. The quantitative estimate of drug-likeness (QED) is 0.837. The van der Waals surface area contributed by atoms with E-state index in [1.54, 1.807) is 13.2 Å². The van der Waals surface area contributed by atoms with Crippen molar-refractivity contribution in [1.82, 2.24) is 4.90 Å². The van der Waals surface area contributed by atoms with Gasteiger partial charge in [0, 0.05) is 17.4 Å². The molecule has 2 rings (SSSR count). The Hall–Kier alpha value is -1.82. The van der Waals surface area contributed by atoms with E-state index in [-0.39, 0.29) is 5.78 Å². The topological polar surface area (TPSA) is 55.8 Å². The Labute approximate surface area is 131 Å². The summed E-state index contributed by atoms with van der Waals surface area (Å²) in [6.45, 7) is 0.366. The summed E-state index contributed by atoms with van der Waals surface area (Å²) in [6, 6.07) is 4.98. The maximum atomic E-state index is 12.1. The van der Waals surface area contributed by atoms with Gasteiger partial charge < -0.3 is 9.47 Å². The molecule has 21 heavy (non-hydrogen) atoms. The number of amides is 1. The Morgan fingerprint density at radius 3 is 2.86 bits per heavy atom. The van der Waals surface area contributed by atoms with Gasteiger partial charge in [-0.3, -0.25) is 9.69 Å². The average molecular weight is 354 g/mol. The van der Waals surface area contributed by atoms with Gasteiger partial charge in [0.2, 0.25) is 0 Å². The maximum Gasteiger partial charge on any atom is 0.410 e. The molecule has 0 bridgehead atoms. The Balaban J connectivity index is 2.28. The van der Waals surface area contributed by atoms with E-state index >= 15 is 0 Å². The number of nitrogens with zero attached hydrogens (tertiary/aromatic N) is 1. The van der Waals surface area contributed by atoms with E-state index in [1.165, 1.54) is 18.1 Å². The standard InChI is InChI=1S/C15H16BrNO4/c1-20-11-5-6-12(16)10(8-11)9-13-14(18)4-3-7-17(13)15(19)21-2/h3-6,8,13H,7,9H2,1-2H3. The summed E-state index contributed by atoms with van der Waals surface area (Å²) in [5.74, 6) is 0.595. The molecule has 1 aromatic carbocycles. The maximum absolute atomic E-state index is 12.1. The van der Waals surface area contributed by atoms with Gasteiger partial charge in [0.1, 0.15) is 11.8 Å². The molecule has 1 atom stereocenters. The van der Waals surface area contributed by atoms with Crippen LogP contribution in [0.15, 0.2) is 34.8 Å².